The highest BCUT2D eigenvalue weighted by molar-refractivity contribution is 5.87. The van der Waals surface area contributed by atoms with Crippen LogP contribution >= 0.6 is 0 Å². The van der Waals surface area contributed by atoms with E-state index in [9.17, 15) is 4.79 Å². The number of fused-ring (bicyclic) bond motifs is 1. The summed E-state index contributed by atoms with van der Waals surface area (Å²) in [4.78, 5) is 14.9. The maximum atomic E-state index is 11.0. The normalized spacial score (nSPS) is 10.7. The monoisotopic (exact) mass is 254 g/mol. The zero-order chi connectivity index (χ0) is 13.2. The maximum Gasteiger partial charge on any atom is 0.337 e. The fourth-order valence-corrected chi connectivity index (χ4v) is 1.87. The van der Waals surface area contributed by atoms with Crippen LogP contribution < -0.4 is 0 Å². The Kier molecular flexibility index (Phi) is 2.68. The summed E-state index contributed by atoms with van der Waals surface area (Å²) in [7, 11) is 0. The number of nitrogens with zero attached hydrogens (tertiary/aromatic N) is 4. The van der Waals surface area contributed by atoms with Crippen LogP contribution in [0.1, 0.15) is 21.7 Å². The third-order valence-corrected chi connectivity index (χ3v) is 2.83. The Morgan fingerprint density at radius 1 is 1.16 bits per heavy atom. The van der Waals surface area contributed by atoms with Crippen molar-refractivity contribution >= 4 is 11.6 Å². The van der Waals surface area contributed by atoms with E-state index in [1.807, 2.05) is 12.1 Å². The van der Waals surface area contributed by atoms with Gasteiger partial charge in [-0.3, -0.25) is 9.38 Å². The Labute approximate surface area is 108 Å². The van der Waals surface area contributed by atoms with Gasteiger partial charge in [0.05, 0.1) is 5.56 Å². The molecule has 0 atom stereocenters. The van der Waals surface area contributed by atoms with E-state index in [1.165, 1.54) is 12.3 Å². The van der Waals surface area contributed by atoms with E-state index in [2.05, 4.69) is 15.2 Å². The summed E-state index contributed by atoms with van der Waals surface area (Å²) >= 11 is 0. The molecule has 0 saturated heterocycles. The fourth-order valence-electron chi connectivity index (χ4n) is 1.87. The van der Waals surface area contributed by atoms with Crippen LogP contribution in [0.15, 0.2) is 42.9 Å². The largest absolute Gasteiger partial charge is 0.478 e. The van der Waals surface area contributed by atoms with Crippen LogP contribution in [-0.2, 0) is 6.42 Å². The molecule has 0 aliphatic rings. The summed E-state index contributed by atoms with van der Waals surface area (Å²) < 4.78 is 1.70. The number of aromatic nitrogens is 4. The molecule has 0 unspecified atom stereocenters. The molecule has 0 aliphatic carbocycles. The van der Waals surface area contributed by atoms with Gasteiger partial charge in [-0.1, -0.05) is 0 Å². The number of aromatic carboxylic acids is 1. The first-order chi connectivity index (χ1) is 9.24. The van der Waals surface area contributed by atoms with E-state index in [1.54, 1.807) is 22.9 Å². The highest BCUT2D eigenvalue weighted by Crippen LogP contribution is 2.11. The minimum Gasteiger partial charge on any atom is -0.478 e. The lowest BCUT2D eigenvalue weighted by atomic mass is 10.2. The van der Waals surface area contributed by atoms with E-state index in [4.69, 9.17) is 5.11 Å². The van der Waals surface area contributed by atoms with Gasteiger partial charge in [-0.25, -0.2) is 4.79 Å². The standard InChI is InChI=1S/C13H10N4O2/c18-13(19)10-1-2-11-15-16-12(17(11)8-10)7-9-3-5-14-6-4-9/h1-6,8H,7H2,(H,18,19). The van der Waals surface area contributed by atoms with E-state index in [-0.39, 0.29) is 5.56 Å². The highest BCUT2D eigenvalue weighted by Gasteiger charge is 2.09. The molecule has 3 rings (SSSR count). The molecule has 0 bridgehead atoms. The third-order valence-electron chi connectivity index (χ3n) is 2.83. The van der Waals surface area contributed by atoms with Gasteiger partial charge in [-0.05, 0) is 29.8 Å². The average molecular weight is 254 g/mol. The number of carboxylic acid groups (broad SMARTS) is 1. The summed E-state index contributed by atoms with van der Waals surface area (Å²) in [6.45, 7) is 0. The topological polar surface area (TPSA) is 80.4 Å². The molecule has 0 radical (unpaired) electrons. The summed E-state index contributed by atoms with van der Waals surface area (Å²) in [6, 6.07) is 6.94. The molecule has 0 fully saturated rings. The van der Waals surface area contributed by atoms with Gasteiger partial charge in [-0.2, -0.15) is 0 Å². The lowest BCUT2D eigenvalue weighted by molar-refractivity contribution is 0.0696. The minimum absolute atomic E-state index is 0.211. The van der Waals surface area contributed by atoms with Crippen molar-refractivity contribution in [3.05, 3.63) is 59.8 Å². The molecule has 0 aliphatic heterocycles. The van der Waals surface area contributed by atoms with Crippen molar-refractivity contribution < 1.29 is 9.90 Å². The zero-order valence-electron chi connectivity index (χ0n) is 9.89. The van der Waals surface area contributed by atoms with Crippen molar-refractivity contribution in [2.75, 3.05) is 0 Å². The van der Waals surface area contributed by atoms with Gasteiger partial charge in [0.1, 0.15) is 5.82 Å². The van der Waals surface area contributed by atoms with Crippen molar-refractivity contribution in [3.63, 3.8) is 0 Å². The number of rotatable bonds is 3. The van der Waals surface area contributed by atoms with E-state index in [0.717, 1.165) is 5.56 Å². The molecule has 19 heavy (non-hydrogen) atoms. The highest BCUT2D eigenvalue weighted by atomic mass is 16.4. The third kappa shape index (κ3) is 2.15. The molecule has 0 amide bonds. The Balaban J connectivity index is 2.04. The second-order valence-corrected chi connectivity index (χ2v) is 4.10. The van der Waals surface area contributed by atoms with Gasteiger partial charge >= 0.3 is 5.97 Å². The van der Waals surface area contributed by atoms with Crippen molar-refractivity contribution in [1.29, 1.82) is 0 Å². The molecule has 6 heteroatoms. The van der Waals surface area contributed by atoms with Gasteiger partial charge in [-0.15, -0.1) is 10.2 Å². The molecule has 3 aromatic rings. The molecule has 6 nitrogen and oxygen atoms in total. The van der Waals surface area contributed by atoms with E-state index in [0.29, 0.717) is 17.9 Å². The second kappa shape index (κ2) is 4.49. The summed E-state index contributed by atoms with van der Waals surface area (Å²) in [6.07, 6.45) is 5.53. The lowest BCUT2D eigenvalue weighted by Gasteiger charge is -2.01. The van der Waals surface area contributed by atoms with Crippen LogP contribution in [0.4, 0.5) is 0 Å². The van der Waals surface area contributed by atoms with Gasteiger partial charge in [0.2, 0.25) is 0 Å². The van der Waals surface area contributed by atoms with Crippen LogP contribution in [0.3, 0.4) is 0 Å². The molecule has 0 spiro atoms. The number of carbonyl (C=O) groups is 1. The average Bonchev–Trinajstić information content (AvgIpc) is 2.82. The molecular weight excluding hydrogens is 244 g/mol. The molecule has 1 N–H and O–H groups in total. The van der Waals surface area contributed by atoms with Gasteiger partial charge in [0.15, 0.2) is 5.65 Å². The molecular formula is C13H10N4O2. The van der Waals surface area contributed by atoms with Crippen LogP contribution in [0, 0.1) is 0 Å². The summed E-state index contributed by atoms with van der Waals surface area (Å²) in [5, 5.41) is 17.1. The van der Waals surface area contributed by atoms with Crippen molar-refractivity contribution in [2.45, 2.75) is 6.42 Å². The zero-order valence-corrected chi connectivity index (χ0v) is 9.89. The van der Waals surface area contributed by atoms with Crippen LogP contribution in [-0.4, -0.2) is 30.7 Å². The number of pyridine rings is 2. The van der Waals surface area contributed by atoms with Crippen molar-refractivity contribution in [2.24, 2.45) is 0 Å². The Morgan fingerprint density at radius 3 is 2.68 bits per heavy atom. The smallest absolute Gasteiger partial charge is 0.337 e. The molecule has 3 aromatic heterocycles. The van der Waals surface area contributed by atoms with Crippen LogP contribution in [0.25, 0.3) is 5.65 Å². The second-order valence-electron chi connectivity index (χ2n) is 4.10. The SMILES string of the molecule is O=C(O)c1ccc2nnc(Cc3ccncc3)n2c1. The number of hydrogen-bond acceptors (Lipinski definition) is 4. The van der Waals surface area contributed by atoms with Crippen molar-refractivity contribution in [3.8, 4) is 0 Å². The van der Waals surface area contributed by atoms with Gasteiger partial charge in [0, 0.05) is 25.0 Å². The first-order valence-corrected chi connectivity index (χ1v) is 5.70. The number of hydrogen-bond donors (Lipinski definition) is 1. The summed E-state index contributed by atoms with van der Waals surface area (Å²) in [5.74, 6) is -0.269. The number of carboxylic acids is 1. The van der Waals surface area contributed by atoms with Gasteiger partial charge < -0.3 is 5.11 Å². The Morgan fingerprint density at radius 2 is 1.95 bits per heavy atom. The Bertz CT molecular complexity index is 737. The van der Waals surface area contributed by atoms with E-state index < -0.39 is 5.97 Å². The molecule has 0 aromatic carbocycles. The lowest BCUT2D eigenvalue weighted by Crippen LogP contribution is -2.01. The van der Waals surface area contributed by atoms with E-state index >= 15 is 0 Å². The predicted molar refractivity (Wildman–Crippen MR) is 67.0 cm³/mol. The van der Waals surface area contributed by atoms with Gasteiger partial charge in [0.25, 0.3) is 0 Å². The molecule has 3 heterocycles. The first-order valence-electron chi connectivity index (χ1n) is 5.70. The predicted octanol–water partition coefficient (Wildman–Crippen LogP) is 1.41. The minimum atomic E-state index is -0.967. The summed E-state index contributed by atoms with van der Waals surface area (Å²) in [5.41, 5.74) is 1.89. The quantitative estimate of drug-likeness (QED) is 0.764. The first kappa shape index (κ1) is 11.3. The van der Waals surface area contributed by atoms with Crippen LogP contribution in [0.5, 0.6) is 0 Å². The molecule has 94 valence electrons. The maximum absolute atomic E-state index is 11.0. The van der Waals surface area contributed by atoms with Crippen molar-refractivity contribution in [1.82, 2.24) is 19.6 Å². The Hall–Kier alpha value is -2.76. The molecule has 0 saturated carbocycles. The van der Waals surface area contributed by atoms with Crippen LogP contribution in [0.2, 0.25) is 0 Å². The fraction of sp³-hybridized carbons (Fsp3) is 0.0769.